The van der Waals surface area contributed by atoms with Gasteiger partial charge in [0.2, 0.25) is 0 Å². The number of halogens is 1. The molecule has 1 rings (SSSR count). The molecule has 1 aromatic heterocycles. The van der Waals surface area contributed by atoms with Crippen LogP contribution in [0.15, 0.2) is 24.5 Å². The minimum absolute atomic E-state index is 0. The molecule has 0 unspecified atom stereocenters. The highest BCUT2D eigenvalue weighted by Crippen LogP contribution is 2.10. The van der Waals surface area contributed by atoms with Crippen LogP contribution in [0.25, 0.3) is 0 Å². The Kier molecular flexibility index (Phi) is 18.7. The molecular formula is C23H42ClNO. The second-order valence-electron chi connectivity index (χ2n) is 7.52. The first kappa shape index (κ1) is 25.4. The lowest BCUT2D eigenvalue weighted by Gasteiger charge is -2.03. The summed E-state index contributed by atoms with van der Waals surface area (Å²) in [6.07, 6.45) is 24.2. The predicted octanol–water partition coefficient (Wildman–Crippen LogP) is 2.99. The van der Waals surface area contributed by atoms with Crippen LogP contribution in [0.1, 0.15) is 102 Å². The molecule has 0 atom stereocenters. The highest BCUT2D eigenvalue weighted by molar-refractivity contribution is 5.05. The summed E-state index contributed by atoms with van der Waals surface area (Å²) in [5.41, 5.74) is 1.50. The maximum atomic E-state index is 8.74. The third kappa shape index (κ3) is 14.6. The van der Waals surface area contributed by atoms with Crippen molar-refractivity contribution in [2.24, 2.45) is 0 Å². The van der Waals surface area contributed by atoms with Crippen molar-refractivity contribution in [1.29, 1.82) is 0 Å². The molecule has 0 aliphatic rings. The molecule has 0 saturated carbocycles. The lowest BCUT2D eigenvalue weighted by molar-refractivity contribution is -0.697. The van der Waals surface area contributed by atoms with Crippen molar-refractivity contribution in [2.75, 3.05) is 6.61 Å². The molecule has 2 nitrogen and oxygen atoms in total. The Balaban J connectivity index is 0.00000625. The number of aryl methyl sites for hydroxylation is 2. The summed E-state index contributed by atoms with van der Waals surface area (Å²) in [6, 6.07) is 4.49. The van der Waals surface area contributed by atoms with Crippen molar-refractivity contribution in [1.82, 2.24) is 0 Å². The minimum Gasteiger partial charge on any atom is -1.00 e. The molecular weight excluding hydrogens is 342 g/mol. The normalized spacial score (nSPS) is 10.7. The fourth-order valence-corrected chi connectivity index (χ4v) is 3.44. The minimum atomic E-state index is 0. The standard InChI is InChI=1S/C23H42NO.ClH/c1-2-3-4-13-17-23-18-16-20-24(22-23)19-14-11-9-7-5-6-8-10-12-15-21-25;/h16,18,20,22,25H,2-15,17,19,21H2,1H3;1H/q+1;/p-1. The number of rotatable bonds is 17. The van der Waals surface area contributed by atoms with Crippen molar-refractivity contribution in [3.8, 4) is 0 Å². The fourth-order valence-electron chi connectivity index (χ4n) is 3.44. The summed E-state index contributed by atoms with van der Waals surface area (Å²) in [4.78, 5) is 0. The van der Waals surface area contributed by atoms with Crippen LogP contribution in [-0.2, 0) is 13.0 Å². The molecule has 0 fully saturated rings. The smallest absolute Gasteiger partial charge is 0.171 e. The average Bonchev–Trinajstić information content (AvgIpc) is 2.64. The second kappa shape index (κ2) is 19.2. The molecule has 1 heterocycles. The summed E-state index contributed by atoms with van der Waals surface area (Å²) in [7, 11) is 0. The Morgan fingerprint density at radius 2 is 1.35 bits per heavy atom. The zero-order valence-corrected chi connectivity index (χ0v) is 17.9. The summed E-state index contributed by atoms with van der Waals surface area (Å²) in [6.45, 7) is 3.81. The van der Waals surface area contributed by atoms with Crippen LogP contribution in [0, 0.1) is 0 Å². The molecule has 0 aliphatic heterocycles. The number of aliphatic hydroxyl groups excluding tert-OH is 1. The van der Waals surface area contributed by atoms with Crippen molar-refractivity contribution < 1.29 is 22.1 Å². The lowest BCUT2D eigenvalue weighted by atomic mass is 10.1. The average molecular weight is 384 g/mol. The van der Waals surface area contributed by atoms with E-state index in [1.165, 1.54) is 102 Å². The van der Waals surface area contributed by atoms with Gasteiger partial charge in [-0.25, -0.2) is 4.57 Å². The van der Waals surface area contributed by atoms with E-state index in [0.717, 1.165) is 6.42 Å². The number of hydrogen-bond acceptors (Lipinski definition) is 1. The Bertz CT molecular complexity index is 411. The molecule has 0 bridgehead atoms. The molecule has 0 radical (unpaired) electrons. The van der Waals surface area contributed by atoms with Crippen molar-refractivity contribution in [2.45, 2.75) is 110 Å². The van der Waals surface area contributed by atoms with Gasteiger partial charge in [-0.15, -0.1) is 0 Å². The van der Waals surface area contributed by atoms with Gasteiger partial charge in [-0.05, 0) is 31.7 Å². The van der Waals surface area contributed by atoms with Crippen LogP contribution < -0.4 is 17.0 Å². The zero-order valence-electron chi connectivity index (χ0n) is 17.1. The van der Waals surface area contributed by atoms with Crippen LogP contribution in [0.2, 0.25) is 0 Å². The van der Waals surface area contributed by atoms with Crippen LogP contribution in [0.4, 0.5) is 0 Å². The van der Waals surface area contributed by atoms with Gasteiger partial charge in [0.1, 0.15) is 6.54 Å². The lowest BCUT2D eigenvalue weighted by Crippen LogP contribution is -3.00. The molecule has 0 saturated heterocycles. The van der Waals surface area contributed by atoms with E-state index in [2.05, 4.69) is 36.0 Å². The van der Waals surface area contributed by atoms with Gasteiger partial charge in [0.25, 0.3) is 0 Å². The maximum Gasteiger partial charge on any atom is 0.171 e. The van der Waals surface area contributed by atoms with Crippen LogP contribution in [0.3, 0.4) is 0 Å². The molecule has 26 heavy (non-hydrogen) atoms. The third-order valence-electron chi connectivity index (χ3n) is 5.06. The van der Waals surface area contributed by atoms with Gasteiger partial charge >= 0.3 is 0 Å². The molecule has 1 N–H and O–H groups in total. The Morgan fingerprint density at radius 1 is 0.769 bits per heavy atom. The Morgan fingerprint density at radius 3 is 1.96 bits per heavy atom. The van der Waals surface area contributed by atoms with E-state index in [1.54, 1.807) is 0 Å². The quantitative estimate of drug-likeness (QED) is 0.324. The number of aromatic nitrogens is 1. The number of unbranched alkanes of at least 4 members (excludes halogenated alkanes) is 12. The SMILES string of the molecule is CCCCCCc1ccc[n+](CCCCCCCCCCCCO)c1.[Cl-]. The van der Waals surface area contributed by atoms with Gasteiger partial charge < -0.3 is 17.5 Å². The fraction of sp³-hybridized carbons (Fsp3) is 0.783. The summed E-state index contributed by atoms with van der Waals surface area (Å²) < 4.78 is 2.39. The molecule has 0 aromatic carbocycles. The number of hydrogen-bond donors (Lipinski definition) is 1. The van der Waals surface area contributed by atoms with Gasteiger partial charge in [0.05, 0.1) is 0 Å². The molecule has 0 amide bonds. The molecule has 1 aromatic rings. The number of pyridine rings is 1. The molecule has 0 spiro atoms. The first-order valence-corrected chi connectivity index (χ1v) is 11.0. The Labute approximate surface area is 168 Å². The highest BCUT2D eigenvalue weighted by Gasteiger charge is 2.03. The van der Waals surface area contributed by atoms with Crippen molar-refractivity contribution in [3.05, 3.63) is 30.1 Å². The number of aliphatic hydroxyl groups is 1. The zero-order chi connectivity index (χ0) is 18.0. The molecule has 152 valence electrons. The predicted molar refractivity (Wildman–Crippen MR) is 108 cm³/mol. The van der Waals surface area contributed by atoms with E-state index in [-0.39, 0.29) is 12.4 Å². The van der Waals surface area contributed by atoms with Gasteiger partial charge in [0, 0.05) is 24.7 Å². The van der Waals surface area contributed by atoms with E-state index >= 15 is 0 Å². The van der Waals surface area contributed by atoms with Crippen LogP contribution >= 0.6 is 0 Å². The number of nitrogens with zero attached hydrogens (tertiary/aromatic N) is 1. The Hall–Kier alpha value is -0.600. The van der Waals surface area contributed by atoms with Gasteiger partial charge in [-0.1, -0.05) is 71.1 Å². The van der Waals surface area contributed by atoms with Crippen LogP contribution in [0.5, 0.6) is 0 Å². The van der Waals surface area contributed by atoms with Gasteiger partial charge in [0.15, 0.2) is 12.4 Å². The summed E-state index contributed by atoms with van der Waals surface area (Å²) >= 11 is 0. The van der Waals surface area contributed by atoms with E-state index < -0.39 is 0 Å². The maximum absolute atomic E-state index is 8.74. The molecule has 0 aliphatic carbocycles. The van der Waals surface area contributed by atoms with Crippen LogP contribution in [-0.4, -0.2) is 11.7 Å². The topological polar surface area (TPSA) is 24.1 Å². The first-order chi connectivity index (χ1) is 12.4. The third-order valence-corrected chi connectivity index (χ3v) is 5.06. The molecule has 3 heteroatoms. The van der Waals surface area contributed by atoms with Crippen molar-refractivity contribution in [3.63, 3.8) is 0 Å². The summed E-state index contributed by atoms with van der Waals surface area (Å²) in [5, 5.41) is 8.74. The first-order valence-electron chi connectivity index (χ1n) is 11.0. The van der Waals surface area contributed by atoms with Crippen molar-refractivity contribution >= 4 is 0 Å². The second-order valence-corrected chi connectivity index (χ2v) is 7.52. The highest BCUT2D eigenvalue weighted by atomic mass is 35.5. The van der Waals surface area contributed by atoms with Gasteiger partial charge in [-0.3, -0.25) is 0 Å². The monoisotopic (exact) mass is 383 g/mol. The van der Waals surface area contributed by atoms with E-state index in [9.17, 15) is 0 Å². The summed E-state index contributed by atoms with van der Waals surface area (Å²) in [5.74, 6) is 0. The van der Waals surface area contributed by atoms with E-state index in [4.69, 9.17) is 5.11 Å². The van der Waals surface area contributed by atoms with Gasteiger partial charge in [-0.2, -0.15) is 0 Å². The van der Waals surface area contributed by atoms with E-state index in [1.807, 2.05) is 0 Å². The van der Waals surface area contributed by atoms with E-state index in [0.29, 0.717) is 6.61 Å². The largest absolute Gasteiger partial charge is 1.00 e.